The molecule has 152 valence electrons. The van der Waals surface area contributed by atoms with Crippen molar-refractivity contribution in [3.05, 3.63) is 57.2 Å². The van der Waals surface area contributed by atoms with Crippen LogP contribution in [-0.2, 0) is 17.7 Å². The summed E-state index contributed by atoms with van der Waals surface area (Å²) in [5.41, 5.74) is 2.41. The topological polar surface area (TPSA) is 81.1 Å². The molecule has 0 unspecified atom stereocenters. The first kappa shape index (κ1) is 21.2. The Morgan fingerprint density at radius 3 is 2.79 bits per heavy atom. The van der Waals surface area contributed by atoms with Gasteiger partial charge in [-0.25, -0.2) is 14.5 Å². The number of hydrogen-bond acceptors (Lipinski definition) is 6. The number of rotatable bonds is 6. The molecule has 2 aromatic heterocycles. The summed E-state index contributed by atoms with van der Waals surface area (Å²) < 4.78 is 6.59. The van der Waals surface area contributed by atoms with Gasteiger partial charge in [0.25, 0.3) is 0 Å². The van der Waals surface area contributed by atoms with Gasteiger partial charge in [0.2, 0.25) is 5.95 Å². The van der Waals surface area contributed by atoms with Gasteiger partial charge in [-0.05, 0) is 42.8 Å². The van der Waals surface area contributed by atoms with Crippen molar-refractivity contribution in [2.45, 2.75) is 26.8 Å². The lowest BCUT2D eigenvalue weighted by atomic mass is 10.1. The van der Waals surface area contributed by atoms with Crippen molar-refractivity contribution < 1.29 is 9.53 Å². The molecule has 2 N–H and O–H groups in total. The van der Waals surface area contributed by atoms with Crippen molar-refractivity contribution >= 4 is 57.2 Å². The van der Waals surface area contributed by atoms with Gasteiger partial charge in [0.15, 0.2) is 5.11 Å². The lowest BCUT2D eigenvalue weighted by molar-refractivity contribution is 0.0601. The monoisotopic (exact) mass is 449 g/mol. The molecule has 3 aromatic rings. The molecule has 0 saturated heterocycles. The Hall–Kier alpha value is -2.49. The van der Waals surface area contributed by atoms with Crippen LogP contribution in [0, 0.1) is 6.92 Å². The summed E-state index contributed by atoms with van der Waals surface area (Å²) in [5, 5.41) is 12.0. The number of anilines is 2. The van der Waals surface area contributed by atoms with E-state index < -0.39 is 5.97 Å². The quantitative estimate of drug-likeness (QED) is 0.423. The Balaban J connectivity index is 1.70. The highest BCUT2D eigenvalue weighted by atomic mass is 35.5. The molecule has 29 heavy (non-hydrogen) atoms. The molecular formula is C19H20ClN5O2S2. The minimum Gasteiger partial charge on any atom is -0.465 e. The maximum absolute atomic E-state index is 12.2. The molecule has 10 heteroatoms. The molecule has 0 amide bonds. The minimum absolute atomic E-state index is 0.287. The number of carbonyl (C=O) groups excluding carboxylic acids is 1. The van der Waals surface area contributed by atoms with Gasteiger partial charge in [-0.15, -0.1) is 16.4 Å². The van der Waals surface area contributed by atoms with E-state index in [1.807, 2.05) is 38.1 Å². The largest absolute Gasteiger partial charge is 0.465 e. The predicted octanol–water partition coefficient (Wildman–Crippen LogP) is 4.51. The number of ether oxygens (including phenoxy) is 1. The van der Waals surface area contributed by atoms with Crippen LogP contribution in [0.2, 0.25) is 5.02 Å². The number of benzene rings is 1. The second-order valence-corrected chi connectivity index (χ2v) is 8.16. The maximum atomic E-state index is 12.2. The lowest BCUT2D eigenvalue weighted by Gasteiger charge is -2.09. The van der Waals surface area contributed by atoms with Gasteiger partial charge in [0.05, 0.1) is 19.2 Å². The Bertz CT molecular complexity index is 1050. The van der Waals surface area contributed by atoms with Crippen molar-refractivity contribution in [2.75, 3.05) is 17.7 Å². The number of hydrogen-bond donors (Lipinski definition) is 2. The molecule has 0 radical (unpaired) electrons. The normalized spacial score (nSPS) is 10.6. The van der Waals surface area contributed by atoms with E-state index in [1.165, 1.54) is 18.4 Å². The molecule has 0 aliphatic carbocycles. The zero-order valence-electron chi connectivity index (χ0n) is 16.2. The molecule has 1 aromatic carbocycles. The Morgan fingerprint density at radius 1 is 1.34 bits per heavy atom. The second-order valence-electron chi connectivity index (χ2n) is 6.12. The molecule has 0 spiro atoms. The fourth-order valence-corrected chi connectivity index (χ4v) is 4.47. The van der Waals surface area contributed by atoms with E-state index in [9.17, 15) is 4.79 Å². The molecule has 0 bridgehead atoms. The average molecular weight is 450 g/mol. The maximum Gasteiger partial charge on any atom is 0.341 e. The van der Waals surface area contributed by atoms with E-state index in [0.29, 0.717) is 28.1 Å². The molecule has 2 heterocycles. The van der Waals surface area contributed by atoms with Gasteiger partial charge in [-0.3, -0.25) is 5.32 Å². The van der Waals surface area contributed by atoms with E-state index in [1.54, 1.807) is 11.0 Å². The van der Waals surface area contributed by atoms with Gasteiger partial charge >= 0.3 is 5.97 Å². The first-order valence-corrected chi connectivity index (χ1v) is 10.4. The summed E-state index contributed by atoms with van der Waals surface area (Å²) in [5.74, 6) is -0.0446. The van der Waals surface area contributed by atoms with Crippen molar-refractivity contribution in [3.8, 4) is 0 Å². The van der Waals surface area contributed by atoms with Crippen LogP contribution in [0.15, 0.2) is 30.6 Å². The third-order valence-electron chi connectivity index (χ3n) is 4.23. The van der Waals surface area contributed by atoms with E-state index >= 15 is 0 Å². The van der Waals surface area contributed by atoms with Crippen LogP contribution in [0.3, 0.4) is 0 Å². The predicted molar refractivity (Wildman–Crippen MR) is 120 cm³/mol. The molecule has 0 fully saturated rings. The average Bonchev–Trinajstić information content (AvgIpc) is 3.26. The van der Waals surface area contributed by atoms with Gasteiger partial charge in [-0.2, -0.15) is 0 Å². The van der Waals surface area contributed by atoms with Gasteiger partial charge in [0.1, 0.15) is 11.3 Å². The number of esters is 1. The zero-order valence-corrected chi connectivity index (χ0v) is 18.5. The number of methoxy groups -OCH3 is 1. The number of halogens is 1. The van der Waals surface area contributed by atoms with Crippen LogP contribution >= 0.6 is 35.2 Å². The van der Waals surface area contributed by atoms with Crippen LogP contribution in [-0.4, -0.2) is 33.0 Å². The first-order chi connectivity index (χ1) is 13.9. The van der Waals surface area contributed by atoms with Crippen molar-refractivity contribution in [1.29, 1.82) is 0 Å². The molecule has 0 atom stereocenters. The number of nitrogens with one attached hydrogen (secondary N) is 2. The van der Waals surface area contributed by atoms with E-state index in [4.69, 9.17) is 28.6 Å². The summed E-state index contributed by atoms with van der Waals surface area (Å²) in [7, 11) is 1.37. The zero-order chi connectivity index (χ0) is 21.0. The molecule has 0 saturated carbocycles. The Kier molecular flexibility index (Phi) is 6.83. The van der Waals surface area contributed by atoms with Crippen molar-refractivity contribution in [3.63, 3.8) is 0 Å². The van der Waals surface area contributed by atoms with Gasteiger partial charge < -0.3 is 10.1 Å². The van der Waals surface area contributed by atoms with Crippen LogP contribution in [0.1, 0.15) is 33.3 Å². The number of aromatic nitrogens is 3. The van der Waals surface area contributed by atoms with Crippen molar-refractivity contribution in [2.24, 2.45) is 0 Å². The number of carbonyl (C=O) groups is 1. The van der Waals surface area contributed by atoms with Crippen LogP contribution in [0.25, 0.3) is 0 Å². The van der Waals surface area contributed by atoms with E-state index in [-0.39, 0.29) is 5.11 Å². The number of nitrogens with zero attached hydrogens (tertiary/aromatic N) is 3. The third-order valence-corrected chi connectivity index (χ3v) is 5.87. The third kappa shape index (κ3) is 4.92. The van der Waals surface area contributed by atoms with Gasteiger partial charge in [-0.1, -0.05) is 36.7 Å². The minimum atomic E-state index is -0.390. The highest BCUT2D eigenvalue weighted by Crippen LogP contribution is 2.34. The SMILES string of the molecule is CCc1c(C)sc(NC(=S)Nc2ncn(Cc3ccccc3Cl)n2)c1C(=O)OC. The second kappa shape index (κ2) is 9.34. The van der Waals surface area contributed by atoms with Crippen LogP contribution in [0.4, 0.5) is 10.9 Å². The fraction of sp³-hybridized carbons (Fsp3) is 0.263. The standard InChI is InChI=1S/C19H20ClN5O2S2/c1-4-13-11(2)29-16(15(13)17(26)27-3)22-19(28)23-18-21-10-25(24-18)9-12-7-5-6-8-14(12)20/h5-8,10H,4,9H2,1-3H3,(H2,22,23,24,28). The summed E-state index contributed by atoms with van der Waals surface area (Å²) in [6.45, 7) is 4.46. The number of thiophene rings is 1. The molecule has 7 nitrogen and oxygen atoms in total. The highest BCUT2D eigenvalue weighted by Gasteiger charge is 2.22. The van der Waals surface area contributed by atoms with E-state index in [0.717, 1.165) is 22.4 Å². The lowest BCUT2D eigenvalue weighted by Crippen LogP contribution is -2.21. The fourth-order valence-electron chi connectivity index (χ4n) is 2.88. The Morgan fingerprint density at radius 2 is 2.10 bits per heavy atom. The summed E-state index contributed by atoms with van der Waals surface area (Å²) in [6, 6.07) is 7.56. The first-order valence-electron chi connectivity index (χ1n) is 8.84. The molecule has 3 rings (SSSR count). The smallest absolute Gasteiger partial charge is 0.341 e. The summed E-state index contributed by atoms with van der Waals surface area (Å²) in [6.07, 6.45) is 2.32. The van der Waals surface area contributed by atoms with E-state index in [2.05, 4.69) is 20.7 Å². The summed E-state index contributed by atoms with van der Waals surface area (Å²) in [4.78, 5) is 17.5. The number of thiocarbonyl (C=S) groups is 1. The van der Waals surface area contributed by atoms with Gasteiger partial charge in [0, 0.05) is 9.90 Å². The summed E-state index contributed by atoms with van der Waals surface area (Å²) >= 11 is 13.0. The van der Waals surface area contributed by atoms with Crippen LogP contribution < -0.4 is 10.6 Å². The van der Waals surface area contributed by atoms with Crippen molar-refractivity contribution in [1.82, 2.24) is 14.8 Å². The highest BCUT2D eigenvalue weighted by molar-refractivity contribution is 7.80. The number of aryl methyl sites for hydroxylation is 1. The molecular weight excluding hydrogens is 430 g/mol. The molecule has 0 aliphatic rings. The van der Waals surface area contributed by atoms with Crippen LogP contribution in [0.5, 0.6) is 0 Å². The molecule has 0 aliphatic heterocycles. The Labute approximate surface area is 183 Å².